The Labute approximate surface area is 106 Å². The first-order chi connectivity index (χ1) is 8.51. The Morgan fingerprint density at radius 3 is 1.68 bits per heavy atom. The highest BCUT2D eigenvalue weighted by molar-refractivity contribution is 5.27. The molecule has 1 atom stereocenters. The van der Waals surface area contributed by atoms with Crippen LogP contribution in [0.1, 0.15) is 31.0 Å². The highest BCUT2D eigenvalue weighted by atomic mass is 19.4. The monoisotopic (exact) mass is 285 g/mol. The molecule has 0 radical (unpaired) electrons. The topological polar surface area (TPSA) is 12.0 Å². The Hall–Kier alpha value is -1.24. The average Bonchev–Trinajstić information content (AvgIpc) is 2.23. The summed E-state index contributed by atoms with van der Waals surface area (Å²) < 4.78 is 75.4. The van der Waals surface area contributed by atoms with Crippen LogP contribution in [0.5, 0.6) is 0 Å². The van der Waals surface area contributed by atoms with E-state index in [0.29, 0.717) is 12.1 Å². The molecule has 0 aliphatic rings. The summed E-state index contributed by atoms with van der Waals surface area (Å²) in [6.07, 6.45) is -9.12. The van der Waals surface area contributed by atoms with E-state index in [4.69, 9.17) is 0 Å². The van der Waals surface area contributed by atoms with Crippen LogP contribution in [-0.4, -0.2) is 12.2 Å². The van der Waals surface area contributed by atoms with Gasteiger partial charge in [-0.2, -0.15) is 26.3 Å². The summed E-state index contributed by atoms with van der Waals surface area (Å²) in [4.78, 5) is 0. The molecule has 1 aromatic rings. The standard InChI is InChI=1S/C12H13F6N/c1-7(2)19-10(12(16,17)18)8-3-5-9(6-4-8)11(13,14)15/h3-7,10,19H,1-2H3/t10-/m0/s1. The molecule has 1 N–H and O–H groups in total. The fraction of sp³-hybridized carbons (Fsp3) is 0.500. The number of benzene rings is 1. The Morgan fingerprint density at radius 2 is 1.37 bits per heavy atom. The van der Waals surface area contributed by atoms with Crippen LogP contribution in [0.25, 0.3) is 0 Å². The van der Waals surface area contributed by atoms with Gasteiger partial charge in [0.25, 0.3) is 0 Å². The van der Waals surface area contributed by atoms with Crippen LogP contribution in [0.4, 0.5) is 26.3 Å². The van der Waals surface area contributed by atoms with Crippen molar-refractivity contribution in [3.05, 3.63) is 35.4 Å². The molecular weight excluding hydrogens is 272 g/mol. The number of hydrogen-bond donors (Lipinski definition) is 1. The van der Waals surface area contributed by atoms with Gasteiger partial charge < -0.3 is 5.32 Å². The van der Waals surface area contributed by atoms with E-state index >= 15 is 0 Å². The molecule has 0 saturated carbocycles. The minimum Gasteiger partial charge on any atom is -0.300 e. The first kappa shape index (κ1) is 15.8. The predicted molar refractivity (Wildman–Crippen MR) is 58.5 cm³/mol. The molecule has 0 unspecified atom stereocenters. The third-order valence-electron chi connectivity index (χ3n) is 2.40. The lowest BCUT2D eigenvalue weighted by Gasteiger charge is -2.24. The van der Waals surface area contributed by atoms with Crippen LogP contribution in [0.3, 0.4) is 0 Å². The summed E-state index contributed by atoms with van der Waals surface area (Å²) in [5.41, 5.74) is -1.21. The van der Waals surface area contributed by atoms with E-state index in [1.54, 1.807) is 0 Å². The molecule has 108 valence electrons. The zero-order valence-corrected chi connectivity index (χ0v) is 10.2. The molecule has 0 aromatic heterocycles. The van der Waals surface area contributed by atoms with Gasteiger partial charge in [-0.1, -0.05) is 26.0 Å². The smallest absolute Gasteiger partial charge is 0.300 e. The van der Waals surface area contributed by atoms with Crippen molar-refractivity contribution in [1.82, 2.24) is 5.32 Å². The highest BCUT2D eigenvalue weighted by Gasteiger charge is 2.41. The van der Waals surface area contributed by atoms with Crippen LogP contribution < -0.4 is 5.32 Å². The quantitative estimate of drug-likeness (QED) is 0.816. The lowest BCUT2D eigenvalue weighted by Crippen LogP contribution is -2.38. The van der Waals surface area contributed by atoms with Crippen molar-refractivity contribution in [1.29, 1.82) is 0 Å². The summed E-state index contributed by atoms with van der Waals surface area (Å²) in [5.74, 6) is 0. The first-order valence-corrected chi connectivity index (χ1v) is 5.51. The SMILES string of the molecule is CC(C)N[C@@H](c1ccc(C(F)(F)F)cc1)C(F)(F)F. The molecule has 7 heteroatoms. The molecule has 0 aliphatic carbocycles. The van der Waals surface area contributed by atoms with Crippen molar-refractivity contribution in [2.45, 2.75) is 38.3 Å². The number of alkyl halides is 6. The molecule has 0 heterocycles. The molecule has 0 aliphatic heterocycles. The second-order valence-electron chi connectivity index (χ2n) is 4.42. The van der Waals surface area contributed by atoms with Gasteiger partial charge in [0.15, 0.2) is 0 Å². The molecule has 1 rings (SSSR count). The van der Waals surface area contributed by atoms with Crippen molar-refractivity contribution in [2.75, 3.05) is 0 Å². The van der Waals surface area contributed by atoms with Gasteiger partial charge in [-0.15, -0.1) is 0 Å². The number of hydrogen-bond acceptors (Lipinski definition) is 1. The van der Waals surface area contributed by atoms with E-state index in [9.17, 15) is 26.3 Å². The lowest BCUT2D eigenvalue weighted by atomic mass is 10.0. The molecule has 0 spiro atoms. The van der Waals surface area contributed by atoms with E-state index < -0.39 is 30.0 Å². The van der Waals surface area contributed by atoms with Gasteiger partial charge in [0.05, 0.1) is 5.56 Å². The van der Waals surface area contributed by atoms with Gasteiger partial charge in [0.2, 0.25) is 0 Å². The van der Waals surface area contributed by atoms with Gasteiger partial charge in [0.1, 0.15) is 6.04 Å². The zero-order chi connectivity index (χ0) is 14.8. The summed E-state index contributed by atoms with van der Waals surface area (Å²) in [5, 5.41) is 2.29. The highest BCUT2D eigenvalue weighted by Crippen LogP contribution is 2.35. The summed E-state index contributed by atoms with van der Waals surface area (Å²) in [7, 11) is 0. The number of nitrogens with one attached hydrogen (secondary N) is 1. The van der Waals surface area contributed by atoms with Crippen molar-refractivity contribution < 1.29 is 26.3 Å². The van der Waals surface area contributed by atoms with Crippen LogP contribution in [0, 0.1) is 0 Å². The van der Waals surface area contributed by atoms with E-state index in [-0.39, 0.29) is 5.56 Å². The maximum Gasteiger partial charge on any atom is 0.416 e. The molecule has 0 fully saturated rings. The van der Waals surface area contributed by atoms with E-state index in [0.717, 1.165) is 12.1 Å². The summed E-state index contributed by atoms with van der Waals surface area (Å²) in [6.45, 7) is 3.06. The van der Waals surface area contributed by atoms with E-state index in [1.165, 1.54) is 13.8 Å². The molecule has 0 bridgehead atoms. The normalized spacial score (nSPS) is 14.8. The van der Waals surface area contributed by atoms with Gasteiger partial charge in [0, 0.05) is 6.04 Å². The van der Waals surface area contributed by atoms with Crippen molar-refractivity contribution >= 4 is 0 Å². The fourth-order valence-electron chi connectivity index (χ4n) is 1.58. The largest absolute Gasteiger partial charge is 0.416 e. The van der Waals surface area contributed by atoms with Crippen LogP contribution in [0.15, 0.2) is 24.3 Å². The van der Waals surface area contributed by atoms with Crippen molar-refractivity contribution in [3.8, 4) is 0 Å². The van der Waals surface area contributed by atoms with Gasteiger partial charge >= 0.3 is 12.4 Å². The number of rotatable bonds is 3. The van der Waals surface area contributed by atoms with Gasteiger partial charge in [-0.3, -0.25) is 0 Å². The van der Waals surface area contributed by atoms with E-state index in [2.05, 4.69) is 5.32 Å². The Balaban J connectivity index is 3.05. The van der Waals surface area contributed by atoms with Crippen LogP contribution in [-0.2, 0) is 6.18 Å². The lowest BCUT2D eigenvalue weighted by molar-refractivity contribution is -0.159. The Bertz CT molecular complexity index is 404. The molecular formula is C12H13F6N. The average molecular weight is 285 g/mol. The maximum absolute atomic E-state index is 12.8. The summed E-state index contributed by atoms with van der Waals surface area (Å²) in [6, 6.07) is 0.558. The zero-order valence-electron chi connectivity index (χ0n) is 10.2. The molecule has 19 heavy (non-hydrogen) atoms. The molecule has 0 amide bonds. The third-order valence-corrected chi connectivity index (χ3v) is 2.40. The Morgan fingerprint density at radius 1 is 0.895 bits per heavy atom. The van der Waals surface area contributed by atoms with E-state index in [1.807, 2.05) is 0 Å². The second-order valence-corrected chi connectivity index (χ2v) is 4.42. The molecule has 1 nitrogen and oxygen atoms in total. The van der Waals surface area contributed by atoms with Gasteiger partial charge in [-0.05, 0) is 17.7 Å². The van der Waals surface area contributed by atoms with Crippen LogP contribution >= 0.6 is 0 Å². The maximum atomic E-state index is 12.8. The van der Waals surface area contributed by atoms with Gasteiger partial charge in [-0.25, -0.2) is 0 Å². The Kier molecular flexibility index (Phi) is 4.50. The first-order valence-electron chi connectivity index (χ1n) is 5.51. The number of halogens is 6. The van der Waals surface area contributed by atoms with Crippen molar-refractivity contribution in [2.24, 2.45) is 0 Å². The fourth-order valence-corrected chi connectivity index (χ4v) is 1.58. The second kappa shape index (κ2) is 5.40. The summed E-state index contributed by atoms with van der Waals surface area (Å²) >= 11 is 0. The minimum absolute atomic E-state index is 0.241. The predicted octanol–water partition coefficient (Wildman–Crippen LogP) is 4.31. The van der Waals surface area contributed by atoms with Crippen LogP contribution in [0.2, 0.25) is 0 Å². The minimum atomic E-state index is -4.57. The van der Waals surface area contributed by atoms with Crippen molar-refractivity contribution in [3.63, 3.8) is 0 Å². The molecule has 0 saturated heterocycles. The third kappa shape index (κ3) is 4.41. The molecule has 1 aromatic carbocycles.